The van der Waals surface area contributed by atoms with Gasteiger partial charge >= 0.3 is 0 Å². The van der Waals surface area contributed by atoms with Crippen molar-refractivity contribution in [3.63, 3.8) is 0 Å². The van der Waals surface area contributed by atoms with Crippen LogP contribution in [0.1, 0.15) is 0 Å². The molecule has 0 saturated carbocycles. The summed E-state index contributed by atoms with van der Waals surface area (Å²) in [6, 6.07) is 2.78. The third kappa shape index (κ3) is 4.63. The minimum atomic E-state index is -4.53. The lowest BCUT2D eigenvalue weighted by atomic mass is 10.3. The number of carbonyl (C=O) groups excluding carboxylic acids is 1. The number of likely N-dealkylation sites (N-methyl/N-ethyl adjacent to an activating group) is 1. The molecule has 1 heterocycles. The number of carbonyl (C=O) groups is 1. The van der Waals surface area contributed by atoms with Crippen LogP contribution in [0, 0.1) is 15.9 Å². The molecular weight excluding hydrogens is 379 g/mol. The van der Waals surface area contributed by atoms with E-state index in [2.05, 4.69) is 5.32 Å². The van der Waals surface area contributed by atoms with Crippen molar-refractivity contribution in [2.24, 2.45) is 0 Å². The second kappa shape index (κ2) is 8.52. The molecule has 140 valence electrons. The van der Waals surface area contributed by atoms with Gasteiger partial charge in [-0.25, -0.2) is 12.8 Å². The zero-order valence-electron chi connectivity index (χ0n) is 13.3. The van der Waals surface area contributed by atoms with Crippen molar-refractivity contribution in [1.29, 1.82) is 0 Å². The highest BCUT2D eigenvalue weighted by atomic mass is 35.5. The summed E-state index contributed by atoms with van der Waals surface area (Å²) in [7, 11) is -3.44. The maximum absolute atomic E-state index is 13.9. The van der Waals surface area contributed by atoms with E-state index < -0.39 is 43.8 Å². The van der Waals surface area contributed by atoms with E-state index in [4.69, 9.17) is 0 Å². The minimum absolute atomic E-state index is 0. The van der Waals surface area contributed by atoms with Gasteiger partial charge in [0.1, 0.15) is 5.82 Å². The Balaban J connectivity index is 0.00000312. The zero-order chi connectivity index (χ0) is 17.9. The average molecular weight is 397 g/mol. The maximum atomic E-state index is 13.9. The number of halogens is 2. The molecule has 0 aromatic heterocycles. The first kappa shape index (κ1) is 21.2. The molecule has 25 heavy (non-hydrogen) atoms. The quantitative estimate of drug-likeness (QED) is 0.562. The number of sulfonamides is 1. The SMILES string of the molecule is CN(CC(=O)N1CCNCC1)S(=O)(=O)c1c(F)cccc1[N+](=O)[O-].Cl. The fraction of sp³-hybridized carbons (Fsp3) is 0.462. The van der Waals surface area contributed by atoms with Crippen molar-refractivity contribution in [3.05, 3.63) is 34.1 Å². The molecular formula is C13H18ClFN4O5S. The average Bonchev–Trinajstić information content (AvgIpc) is 2.54. The molecule has 9 nitrogen and oxygen atoms in total. The molecule has 1 aliphatic heterocycles. The van der Waals surface area contributed by atoms with Crippen LogP contribution < -0.4 is 5.32 Å². The van der Waals surface area contributed by atoms with Gasteiger partial charge in [0.15, 0.2) is 4.90 Å². The van der Waals surface area contributed by atoms with Crippen LogP contribution >= 0.6 is 12.4 Å². The van der Waals surface area contributed by atoms with Gasteiger partial charge in [-0.15, -0.1) is 12.4 Å². The summed E-state index contributed by atoms with van der Waals surface area (Å²) in [6.45, 7) is 1.55. The Morgan fingerprint density at radius 1 is 1.40 bits per heavy atom. The Morgan fingerprint density at radius 2 is 2.00 bits per heavy atom. The Hall–Kier alpha value is -1.82. The van der Waals surface area contributed by atoms with E-state index in [0.29, 0.717) is 30.5 Å². The second-order valence-corrected chi connectivity index (χ2v) is 7.22. The Labute approximate surface area is 150 Å². The lowest BCUT2D eigenvalue weighted by Gasteiger charge is -2.29. The van der Waals surface area contributed by atoms with Crippen LogP contribution in [-0.2, 0) is 14.8 Å². The number of hydrogen-bond acceptors (Lipinski definition) is 6. The second-order valence-electron chi connectivity index (χ2n) is 5.24. The standard InChI is InChI=1S/C13H17FN4O5S.ClH/c1-16(9-12(19)17-7-5-15-6-8-17)24(22,23)13-10(14)3-2-4-11(13)18(20)21;/h2-4,15H,5-9H2,1H3;1H. The van der Waals surface area contributed by atoms with Gasteiger partial charge in [-0.05, 0) is 6.07 Å². The maximum Gasteiger partial charge on any atom is 0.292 e. The largest absolute Gasteiger partial charge is 0.339 e. The molecule has 0 atom stereocenters. The van der Waals surface area contributed by atoms with E-state index in [1.807, 2.05) is 0 Å². The molecule has 1 N–H and O–H groups in total. The van der Waals surface area contributed by atoms with Gasteiger partial charge < -0.3 is 10.2 Å². The zero-order valence-corrected chi connectivity index (χ0v) is 15.0. The first-order chi connectivity index (χ1) is 11.2. The third-order valence-corrected chi connectivity index (χ3v) is 5.51. The molecule has 0 radical (unpaired) electrons. The number of nitro groups is 1. The van der Waals surface area contributed by atoms with Crippen molar-refractivity contribution in [2.75, 3.05) is 39.8 Å². The summed E-state index contributed by atoms with van der Waals surface area (Å²) in [6.07, 6.45) is 0. The minimum Gasteiger partial charge on any atom is -0.339 e. The van der Waals surface area contributed by atoms with E-state index in [0.717, 1.165) is 25.2 Å². The summed E-state index contributed by atoms with van der Waals surface area (Å²) in [4.78, 5) is 22.6. The van der Waals surface area contributed by atoms with E-state index in [1.165, 1.54) is 4.90 Å². The fourth-order valence-corrected chi connectivity index (χ4v) is 3.66. The molecule has 2 rings (SSSR count). The van der Waals surface area contributed by atoms with Crippen LogP contribution in [0.4, 0.5) is 10.1 Å². The Kier molecular flexibility index (Phi) is 7.23. The van der Waals surface area contributed by atoms with Crippen LogP contribution in [0.2, 0.25) is 0 Å². The molecule has 1 fully saturated rings. The van der Waals surface area contributed by atoms with Gasteiger partial charge in [0.05, 0.1) is 11.5 Å². The summed E-state index contributed by atoms with van der Waals surface area (Å²) < 4.78 is 39.6. The van der Waals surface area contributed by atoms with Gasteiger partial charge in [0.25, 0.3) is 15.7 Å². The molecule has 0 unspecified atom stereocenters. The monoisotopic (exact) mass is 396 g/mol. The molecule has 12 heteroatoms. The molecule has 1 aromatic carbocycles. The van der Waals surface area contributed by atoms with Crippen molar-refractivity contribution in [1.82, 2.24) is 14.5 Å². The van der Waals surface area contributed by atoms with Crippen LogP contribution in [0.25, 0.3) is 0 Å². The van der Waals surface area contributed by atoms with E-state index in [9.17, 15) is 27.7 Å². The summed E-state index contributed by atoms with van der Waals surface area (Å²) in [5.74, 6) is -1.67. The molecule has 0 spiro atoms. The van der Waals surface area contributed by atoms with Gasteiger partial charge in [-0.1, -0.05) is 6.07 Å². The number of nitrogens with one attached hydrogen (secondary N) is 1. The molecule has 1 saturated heterocycles. The number of benzene rings is 1. The normalized spacial score (nSPS) is 14.9. The molecule has 0 aliphatic carbocycles. The summed E-state index contributed by atoms with van der Waals surface area (Å²) in [5, 5.41) is 14.0. The van der Waals surface area contributed by atoms with Crippen molar-refractivity contribution >= 4 is 34.0 Å². The first-order valence-electron chi connectivity index (χ1n) is 7.13. The Bertz CT molecular complexity index is 755. The molecule has 1 amide bonds. The van der Waals surface area contributed by atoms with E-state index in [-0.39, 0.29) is 12.4 Å². The van der Waals surface area contributed by atoms with Crippen molar-refractivity contribution in [2.45, 2.75) is 4.90 Å². The smallest absolute Gasteiger partial charge is 0.292 e. The number of nitro benzene ring substituents is 1. The van der Waals surface area contributed by atoms with Crippen LogP contribution in [0.3, 0.4) is 0 Å². The Morgan fingerprint density at radius 3 is 2.56 bits per heavy atom. The number of nitrogens with zero attached hydrogens (tertiary/aromatic N) is 3. The van der Waals surface area contributed by atoms with Crippen molar-refractivity contribution in [3.8, 4) is 0 Å². The van der Waals surface area contributed by atoms with Crippen LogP contribution in [0.5, 0.6) is 0 Å². The summed E-state index contributed by atoms with van der Waals surface area (Å²) >= 11 is 0. The van der Waals surface area contributed by atoms with Gasteiger partial charge in [-0.3, -0.25) is 14.9 Å². The third-order valence-electron chi connectivity index (χ3n) is 3.64. The highest BCUT2D eigenvalue weighted by Crippen LogP contribution is 2.28. The van der Waals surface area contributed by atoms with Crippen LogP contribution in [-0.4, -0.2) is 68.2 Å². The molecule has 0 bridgehead atoms. The lowest BCUT2D eigenvalue weighted by molar-refractivity contribution is -0.388. The number of piperazine rings is 1. The topological polar surface area (TPSA) is 113 Å². The number of rotatable bonds is 5. The van der Waals surface area contributed by atoms with Crippen LogP contribution in [0.15, 0.2) is 23.1 Å². The van der Waals surface area contributed by atoms with E-state index in [1.54, 1.807) is 0 Å². The van der Waals surface area contributed by atoms with E-state index >= 15 is 0 Å². The molecule has 1 aromatic rings. The van der Waals surface area contributed by atoms with Gasteiger partial charge in [-0.2, -0.15) is 4.31 Å². The predicted molar refractivity (Wildman–Crippen MR) is 89.6 cm³/mol. The number of amides is 1. The van der Waals surface area contributed by atoms with Gasteiger partial charge in [0, 0.05) is 39.3 Å². The number of hydrogen-bond donors (Lipinski definition) is 1. The predicted octanol–water partition coefficient (Wildman–Crippen LogP) is 0.208. The fourth-order valence-electron chi connectivity index (χ4n) is 2.34. The lowest BCUT2D eigenvalue weighted by Crippen LogP contribution is -2.49. The van der Waals surface area contributed by atoms with Crippen molar-refractivity contribution < 1.29 is 22.5 Å². The van der Waals surface area contributed by atoms with Gasteiger partial charge in [0.2, 0.25) is 5.91 Å². The summed E-state index contributed by atoms with van der Waals surface area (Å²) in [5.41, 5.74) is -0.864. The molecule has 1 aliphatic rings. The first-order valence-corrected chi connectivity index (χ1v) is 8.57. The highest BCUT2D eigenvalue weighted by Gasteiger charge is 2.34. The highest BCUT2D eigenvalue weighted by molar-refractivity contribution is 7.89.